The van der Waals surface area contributed by atoms with Gasteiger partial charge in [-0.2, -0.15) is 5.10 Å². The zero-order valence-electron chi connectivity index (χ0n) is 9.96. The normalized spacial score (nSPS) is 20.5. The second kappa shape index (κ2) is 5.82. The van der Waals surface area contributed by atoms with Gasteiger partial charge in [0.05, 0.1) is 12.6 Å². The molecular formula is C12H19N3O2. The SMILES string of the molecule is O=C(CCn1cccn1)N1CCCCC1CO. The maximum Gasteiger partial charge on any atom is 0.224 e. The second-order valence-electron chi connectivity index (χ2n) is 4.44. The van der Waals surface area contributed by atoms with Crippen molar-refractivity contribution in [2.75, 3.05) is 13.2 Å². The molecule has 1 aliphatic heterocycles. The molecule has 5 heteroatoms. The Bertz CT molecular complexity index is 351. The third-order valence-electron chi connectivity index (χ3n) is 3.27. The second-order valence-corrected chi connectivity index (χ2v) is 4.44. The number of rotatable bonds is 4. The van der Waals surface area contributed by atoms with E-state index in [2.05, 4.69) is 5.10 Å². The molecule has 1 aromatic heterocycles. The molecule has 5 nitrogen and oxygen atoms in total. The number of nitrogens with zero attached hydrogens (tertiary/aromatic N) is 3. The predicted octanol–water partition coefficient (Wildman–Crippen LogP) is 0.647. The summed E-state index contributed by atoms with van der Waals surface area (Å²) in [6, 6.07) is 1.87. The first-order valence-corrected chi connectivity index (χ1v) is 6.19. The van der Waals surface area contributed by atoms with E-state index >= 15 is 0 Å². The van der Waals surface area contributed by atoms with E-state index in [0.29, 0.717) is 13.0 Å². The van der Waals surface area contributed by atoms with Gasteiger partial charge in [-0.1, -0.05) is 0 Å². The molecule has 0 aliphatic carbocycles. The van der Waals surface area contributed by atoms with Crippen LogP contribution < -0.4 is 0 Å². The smallest absolute Gasteiger partial charge is 0.224 e. The van der Waals surface area contributed by atoms with Crippen molar-refractivity contribution in [1.29, 1.82) is 0 Å². The van der Waals surface area contributed by atoms with E-state index in [1.807, 2.05) is 17.2 Å². The summed E-state index contributed by atoms with van der Waals surface area (Å²) in [7, 11) is 0. The van der Waals surface area contributed by atoms with Gasteiger partial charge in [-0.15, -0.1) is 0 Å². The number of carbonyl (C=O) groups is 1. The highest BCUT2D eigenvalue weighted by Crippen LogP contribution is 2.17. The lowest BCUT2D eigenvalue weighted by atomic mass is 10.0. The van der Waals surface area contributed by atoms with Crippen LogP contribution in [-0.4, -0.2) is 44.9 Å². The van der Waals surface area contributed by atoms with Gasteiger partial charge in [0.1, 0.15) is 0 Å². The quantitative estimate of drug-likeness (QED) is 0.836. The van der Waals surface area contributed by atoms with Gasteiger partial charge in [-0.3, -0.25) is 9.48 Å². The van der Waals surface area contributed by atoms with Crippen molar-refractivity contribution < 1.29 is 9.90 Å². The highest BCUT2D eigenvalue weighted by Gasteiger charge is 2.25. The average molecular weight is 237 g/mol. The highest BCUT2D eigenvalue weighted by molar-refractivity contribution is 5.76. The van der Waals surface area contributed by atoms with Gasteiger partial charge in [0, 0.05) is 31.9 Å². The van der Waals surface area contributed by atoms with Crippen molar-refractivity contribution >= 4 is 5.91 Å². The van der Waals surface area contributed by atoms with Crippen LogP contribution in [0.4, 0.5) is 0 Å². The summed E-state index contributed by atoms with van der Waals surface area (Å²) in [4.78, 5) is 13.9. The van der Waals surface area contributed by atoms with Gasteiger partial charge in [0.25, 0.3) is 0 Å². The highest BCUT2D eigenvalue weighted by atomic mass is 16.3. The van der Waals surface area contributed by atoms with E-state index in [-0.39, 0.29) is 18.6 Å². The van der Waals surface area contributed by atoms with E-state index in [9.17, 15) is 9.90 Å². The first kappa shape index (κ1) is 12.1. The van der Waals surface area contributed by atoms with Gasteiger partial charge < -0.3 is 10.0 Å². The lowest BCUT2D eigenvalue weighted by Gasteiger charge is -2.34. The zero-order valence-corrected chi connectivity index (χ0v) is 9.96. The third-order valence-corrected chi connectivity index (χ3v) is 3.27. The summed E-state index contributed by atoms with van der Waals surface area (Å²) in [5, 5.41) is 13.3. The molecule has 0 radical (unpaired) electrons. The standard InChI is InChI=1S/C12H19N3O2/c16-10-11-4-1-2-8-15(11)12(17)5-9-14-7-3-6-13-14/h3,6-7,11,16H,1-2,4-5,8-10H2. The van der Waals surface area contributed by atoms with E-state index in [1.54, 1.807) is 10.9 Å². The van der Waals surface area contributed by atoms with Gasteiger partial charge in [-0.05, 0) is 25.3 Å². The Labute approximate surface area is 101 Å². The Morgan fingerprint density at radius 2 is 2.35 bits per heavy atom. The molecule has 1 aromatic rings. The van der Waals surface area contributed by atoms with E-state index in [4.69, 9.17) is 0 Å². The number of aryl methyl sites for hydroxylation is 1. The Hall–Kier alpha value is -1.36. The lowest BCUT2D eigenvalue weighted by molar-refractivity contribution is -0.136. The van der Waals surface area contributed by atoms with Crippen LogP contribution in [-0.2, 0) is 11.3 Å². The summed E-state index contributed by atoms with van der Waals surface area (Å²) in [6.45, 7) is 1.47. The van der Waals surface area contributed by atoms with Crippen LogP contribution >= 0.6 is 0 Å². The first-order chi connectivity index (χ1) is 8.31. The fourth-order valence-corrected chi connectivity index (χ4v) is 2.31. The Morgan fingerprint density at radius 1 is 1.47 bits per heavy atom. The first-order valence-electron chi connectivity index (χ1n) is 6.19. The molecule has 0 aromatic carbocycles. The summed E-state index contributed by atoms with van der Waals surface area (Å²) in [5.41, 5.74) is 0. The summed E-state index contributed by atoms with van der Waals surface area (Å²) in [5.74, 6) is 0.124. The van der Waals surface area contributed by atoms with E-state index in [0.717, 1.165) is 25.8 Å². The molecule has 1 unspecified atom stereocenters. The predicted molar refractivity (Wildman–Crippen MR) is 63.3 cm³/mol. The molecule has 0 saturated carbocycles. The fourth-order valence-electron chi connectivity index (χ4n) is 2.31. The molecule has 1 atom stereocenters. The summed E-state index contributed by atoms with van der Waals surface area (Å²) in [6.07, 6.45) is 7.09. The molecule has 1 saturated heterocycles. The fraction of sp³-hybridized carbons (Fsp3) is 0.667. The largest absolute Gasteiger partial charge is 0.394 e. The van der Waals surface area contributed by atoms with Gasteiger partial charge in [0.2, 0.25) is 5.91 Å². The van der Waals surface area contributed by atoms with Crippen molar-refractivity contribution in [2.45, 2.75) is 38.3 Å². The maximum absolute atomic E-state index is 12.0. The molecule has 2 rings (SSSR count). The summed E-state index contributed by atoms with van der Waals surface area (Å²) < 4.78 is 1.76. The van der Waals surface area contributed by atoms with Crippen molar-refractivity contribution in [3.05, 3.63) is 18.5 Å². The number of hydrogen-bond donors (Lipinski definition) is 1. The van der Waals surface area contributed by atoms with Crippen molar-refractivity contribution in [1.82, 2.24) is 14.7 Å². The molecule has 1 N–H and O–H groups in total. The number of aliphatic hydroxyl groups is 1. The molecular weight excluding hydrogens is 218 g/mol. The molecule has 1 amide bonds. The molecule has 2 heterocycles. The van der Waals surface area contributed by atoms with E-state index in [1.165, 1.54) is 0 Å². The number of hydrogen-bond acceptors (Lipinski definition) is 3. The number of carbonyl (C=O) groups excluding carboxylic acids is 1. The molecule has 17 heavy (non-hydrogen) atoms. The number of aliphatic hydroxyl groups excluding tert-OH is 1. The molecule has 1 fully saturated rings. The van der Waals surface area contributed by atoms with Crippen LogP contribution in [0.25, 0.3) is 0 Å². The monoisotopic (exact) mass is 237 g/mol. The van der Waals surface area contributed by atoms with Crippen LogP contribution in [0.1, 0.15) is 25.7 Å². The van der Waals surface area contributed by atoms with Gasteiger partial charge in [0.15, 0.2) is 0 Å². The van der Waals surface area contributed by atoms with Crippen LogP contribution in [0.2, 0.25) is 0 Å². The van der Waals surface area contributed by atoms with Crippen LogP contribution in [0.3, 0.4) is 0 Å². The Morgan fingerprint density at radius 3 is 3.06 bits per heavy atom. The lowest BCUT2D eigenvalue weighted by Crippen LogP contribution is -2.45. The number of likely N-dealkylation sites (tertiary alicyclic amines) is 1. The minimum atomic E-state index is 0.0221. The minimum Gasteiger partial charge on any atom is -0.394 e. The van der Waals surface area contributed by atoms with Crippen molar-refractivity contribution in [3.8, 4) is 0 Å². The zero-order chi connectivity index (χ0) is 12.1. The van der Waals surface area contributed by atoms with Crippen LogP contribution in [0.5, 0.6) is 0 Å². The molecule has 1 aliphatic rings. The van der Waals surface area contributed by atoms with Gasteiger partial charge in [-0.25, -0.2) is 0 Å². The molecule has 0 spiro atoms. The average Bonchev–Trinajstić information content (AvgIpc) is 2.89. The molecule has 94 valence electrons. The van der Waals surface area contributed by atoms with Crippen LogP contribution in [0.15, 0.2) is 18.5 Å². The third kappa shape index (κ3) is 3.06. The van der Waals surface area contributed by atoms with Crippen LogP contribution in [0, 0.1) is 0 Å². The minimum absolute atomic E-state index is 0.0221. The number of amides is 1. The topological polar surface area (TPSA) is 58.4 Å². The number of aromatic nitrogens is 2. The van der Waals surface area contributed by atoms with Crippen molar-refractivity contribution in [2.24, 2.45) is 0 Å². The Kier molecular flexibility index (Phi) is 4.14. The summed E-state index contributed by atoms with van der Waals surface area (Å²) >= 11 is 0. The maximum atomic E-state index is 12.0. The van der Waals surface area contributed by atoms with Gasteiger partial charge >= 0.3 is 0 Å². The molecule has 0 bridgehead atoms. The Balaban J connectivity index is 1.85. The number of piperidine rings is 1. The van der Waals surface area contributed by atoms with Crippen molar-refractivity contribution in [3.63, 3.8) is 0 Å². The van der Waals surface area contributed by atoms with E-state index < -0.39 is 0 Å².